The Kier molecular flexibility index (Phi) is 4.70. The van der Waals surface area contributed by atoms with Gasteiger partial charge >= 0.3 is 0 Å². The van der Waals surface area contributed by atoms with Gasteiger partial charge in [0.15, 0.2) is 0 Å². The lowest BCUT2D eigenvalue weighted by Crippen LogP contribution is -2.33. The summed E-state index contributed by atoms with van der Waals surface area (Å²) in [6, 6.07) is 0. The molecule has 0 aromatic carbocycles. The Labute approximate surface area is 80.4 Å². The van der Waals surface area contributed by atoms with Crippen LogP contribution in [0, 0.1) is 0 Å². The summed E-state index contributed by atoms with van der Waals surface area (Å²) in [4.78, 5) is 12.9. The molecule has 0 bridgehead atoms. The number of rotatable bonds is 4. The number of carbonyl (C=O) groups is 1. The van der Waals surface area contributed by atoms with E-state index in [2.05, 4.69) is 6.58 Å². The number of amides is 1. The first-order chi connectivity index (χ1) is 5.87. The first-order valence-electron chi connectivity index (χ1n) is 4.35. The van der Waals surface area contributed by atoms with Gasteiger partial charge in [-0.25, -0.2) is 0 Å². The molecule has 76 valence electrons. The summed E-state index contributed by atoms with van der Waals surface area (Å²) in [6.07, 6.45) is 1.69. The average molecular weight is 185 g/mol. The Balaban J connectivity index is 3.81. The maximum atomic E-state index is 11.3. The second kappa shape index (κ2) is 5.02. The summed E-state index contributed by atoms with van der Waals surface area (Å²) in [6.45, 7) is 10.0. The normalized spacial score (nSPS) is 11.1. The molecule has 0 heterocycles. The molecule has 0 aliphatic rings. The predicted octanol–water partition coefficient (Wildman–Crippen LogP) is 1.45. The van der Waals surface area contributed by atoms with Gasteiger partial charge in [0.1, 0.15) is 6.61 Å². The van der Waals surface area contributed by atoms with Crippen LogP contribution >= 0.6 is 0 Å². The number of nitrogens with zero attached hydrogens (tertiary/aromatic N) is 1. The minimum absolute atomic E-state index is 0.0187. The van der Waals surface area contributed by atoms with Crippen LogP contribution in [0.3, 0.4) is 0 Å². The molecule has 13 heavy (non-hydrogen) atoms. The van der Waals surface area contributed by atoms with Crippen molar-refractivity contribution in [2.45, 2.75) is 26.4 Å². The molecule has 0 fully saturated rings. The van der Waals surface area contributed by atoms with Crippen LogP contribution in [-0.4, -0.2) is 36.6 Å². The van der Waals surface area contributed by atoms with E-state index in [0.717, 1.165) is 0 Å². The molecule has 0 rings (SSSR count). The van der Waals surface area contributed by atoms with Gasteiger partial charge in [0, 0.05) is 13.6 Å². The first-order valence-corrected chi connectivity index (χ1v) is 4.35. The van der Waals surface area contributed by atoms with E-state index in [1.165, 1.54) is 0 Å². The zero-order valence-corrected chi connectivity index (χ0v) is 8.96. The molecule has 0 saturated carbocycles. The molecule has 0 spiro atoms. The van der Waals surface area contributed by atoms with Crippen molar-refractivity contribution in [2.75, 3.05) is 20.2 Å². The standard InChI is InChI=1S/C10H19NO2/c1-6-7-11(5)9(12)8-13-10(2,3)4/h6H,1,7-8H2,2-5H3. The van der Waals surface area contributed by atoms with Crippen molar-refractivity contribution < 1.29 is 9.53 Å². The van der Waals surface area contributed by atoms with E-state index in [4.69, 9.17) is 4.74 Å². The number of likely N-dealkylation sites (N-methyl/N-ethyl adjacent to an activating group) is 1. The molecule has 3 heteroatoms. The van der Waals surface area contributed by atoms with Crippen molar-refractivity contribution in [2.24, 2.45) is 0 Å². The molecule has 0 atom stereocenters. The van der Waals surface area contributed by atoms with Crippen molar-refractivity contribution >= 4 is 5.91 Å². The Hall–Kier alpha value is -0.830. The molecule has 0 aromatic rings. The van der Waals surface area contributed by atoms with E-state index < -0.39 is 0 Å². The van der Waals surface area contributed by atoms with Gasteiger partial charge in [-0.15, -0.1) is 6.58 Å². The maximum absolute atomic E-state index is 11.3. The zero-order chi connectivity index (χ0) is 10.5. The highest BCUT2D eigenvalue weighted by molar-refractivity contribution is 5.77. The van der Waals surface area contributed by atoms with Crippen molar-refractivity contribution in [3.63, 3.8) is 0 Å². The lowest BCUT2D eigenvalue weighted by molar-refractivity contribution is -0.139. The quantitative estimate of drug-likeness (QED) is 0.620. The van der Waals surface area contributed by atoms with E-state index in [0.29, 0.717) is 6.54 Å². The highest BCUT2D eigenvalue weighted by Gasteiger charge is 2.14. The fourth-order valence-corrected chi connectivity index (χ4v) is 0.684. The van der Waals surface area contributed by atoms with Gasteiger partial charge in [-0.1, -0.05) is 6.08 Å². The maximum Gasteiger partial charge on any atom is 0.248 e. The number of hydrogen-bond acceptors (Lipinski definition) is 2. The summed E-state index contributed by atoms with van der Waals surface area (Å²) in [5.74, 6) is -0.0187. The Morgan fingerprint density at radius 1 is 1.54 bits per heavy atom. The third kappa shape index (κ3) is 6.34. The first kappa shape index (κ1) is 12.2. The Morgan fingerprint density at radius 3 is 2.46 bits per heavy atom. The second-order valence-electron chi connectivity index (χ2n) is 3.96. The molecular weight excluding hydrogens is 166 g/mol. The fourth-order valence-electron chi connectivity index (χ4n) is 0.684. The van der Waals surface area contributed by atoms with Crippen molar-refractivity contribution in [3.8, 4) is 0 Å². The summed E-state index contributed by atoms with van der Waals surface area (Å²) >= 11 is 0. The largest absolute Gasteiger partial charge is 0.366 e. The van der Waals surface area contributed by atoms with Gasteiger partial charge in [-0.2, -0.15) is 0 Å². The number of ether oxygens (including phenoxy) is 1. The van der Waals surface area contributed by atoms with Crippen molar-refractivity contribution in [1.82, 2.24) is 4.90 Å². The van der Waals surface area contributed by atoms with E-state index in [-0.39, 0.29) is 18.1 Å². The van der Waals surface area contributed by atoms with E-state index in [1.807, 2.05) is 20.8 Å². The van der Waals surface area contributed by atoms with Gasteiger partial charge in [-0.05, 0) is 20.8 Å². The van der Waals surface area contributed by atoms with E-state index >= 15 is 0 Å². The second-order valence-corrected chi connectivity index (χ2v) is 3.96. The molecule has 0 unspecified atom stereocenters. The molecule has 0 N–H and O–H groups in total. The number of hydrogen-bond donors (Lipinski definition) is 0. The number of carbonyl (C=O) groups excluding carboxylic acids is 1. The lowest BCUT2D eigenvalue weighted by atomic mass is 10.2. The molecule has 0 aliphatic heterocycles. The molecule has 3 nitrogen and oxygen atoms in total. The smallest absolute Gasteiger partial charge is 0.248 e. The topological polar surface area (TPSA) is 29.5 Å². The van der Waals surface area contributed by atoms with Gasteiger partial charge in [0.25, 0.3) is 0 Å². The van der Waals surface area contributed by atoms with Crippen LogP contribution in [0.2, 0.25) is 0 Å². The van der Waals surface area contributed by atoms with Crippen LogP contribution in [0.4, 0.5) is 0 Å². The molecule has 1 amide bonds. The van der Waals surface area contributed by atoms with Gasteiger partial charge in [0.05, 0.1) is 5.60 Å². The summed E-state index contributed by atoms with van der Waals surface area (Å²) in [5, 5.41) is 0. The molecule has 0 saturated heterocycles. The van der Waals surface area contributed by atoms with E-state index in [1.54, 1.807) is 18.0 Å². The lowest BCUT2D eigenvalue weighted by Gasteiger charge is -2.21. The van der Waals surface area contributed by atoms with Gasteiger partial charge < -0.3 is 9.64 Å². The van der Waals surface area contributed by atoms with Crippen LogP contribution < -0.4 is 0 Å². The predicted molar refractivity (Wildman–Crippen MR) is 53.5 cm³/mol. The molecule has 0 aliphatic carbocycles. The van der Waals surface area contributed by atoms with Crippen LogP contribution in [0.15, 0.2) is 12.7 Å². The summed E-state index contributed by atoms with van der Waals surface area (Å²) in [5.41, 5.74) is -0.259. The third-order valence-corrected chi connectivity index (χ3v) is 1.46. The van der Waals surface area contributed by atoms with Crippen LogP contribution in [-0.2, 0) is 9.53 Å². The molecule has 0 radical (unpaired) electrons. The third-order valence-electron chi connectivity index (χ3n) is 1.46. The van der Waals surface area contributed by atoms with Crippen molar-refractivity contribution in [1.29, 1.82) is 0 Å². The van der Waals surface area contributed by atoms with Crippen LogP contribution in [0.25, 0.3) is 0 Å². The Morgan fingerprint density at radius 2 is 2.08 bits per heavy atom. The zero-order valence-electron chi connectivity index (χ0n) is 8.96. The molecule has 0 aromatic heterocycles. The monoisotopic (exact) mass is 185 g/mol. The van der Waals surface area contributed by atoms with Crippen LogP contribution in [0.5, 0.6) is 0 Å². The summed E-state index contributed by atoms with van der Waals surface area (Å²) < 4.78 is 5.33. The van der Waals surface area contributed by atoms with Gasteiger partial charge in [0.2, 0.25) is 5.91 Å². The minimum Gasteiger partial charge on any atom is -0.366 e. The fraction of sp³-hybridized carbons (Fsp3) is 0.700. The highest BCUT2D eigenvalue weighted by atomic mass is 16.5. The SMILES string of the molecule is C=CCN(C)C(=O)COC(C)(C)C. The average Bonchev–Trinajstić information content (AvgIpc) is 1.99. The molecular formula is C10H19NO2. The Bertz CT molecular complexity index is 182. The van der Waals surface area contributed by atoms with E-state index in [9.17, 15) is 4.79 Å². The highest BCUT2D eigenvalue weighted by Crippen LogP contribution is 2.06. The minimum atomic E-state index is -0.259. The van der Waals surface area contributed by atoms with Gasteiger partial charge in [-0.3, -0.25) is 4.79 Å². The summed E-state index contributed by atoms with van der Waals surface area (Å²) in [7, 11) is 1.73. The van der Waals surface area contributed by atoms with Crippen molar-refractivity contribution in [3.05, 3.63) is 12.7 Å². The van der Waals surface area contributed by atoms with Crippen LogP contribution in [0.1, 0.15) is 20.8 Å².